The molecule has 1 aliphatic heterocycles. The predicted molar refractivity (Wildman–Crippen MR) is 69.0 cm³/mol. The van der Waals surface area contributed by atoms with Gasteiger partial charge in [-0.2, -0.15) is 11.8 Å². The quantitative estimate of drug-likeness (QED) is 0.856. The molecule has 0 bridgehead atoms. The van der Waals surface area contributed by atoms with E-state index in [-0.39, 0.29) is 0 Å². The van der Waals surface area contributed by atoms with E-state index in [1.54, 1.807) is 6.92 Å². The highest BCUT2D eigenvalue weighted by molar-refractivity contribution is 7.99. The van der Waals surface area contributed by atoms with Gasteiger partial charge in [-0.15, -0.1) is 0 Å². The molecule has 1 aromatic rings. The second-order valence-electron chi connectivity index (χ2n) is 4.07. The Morgan fingerprint density at radius 2 is 2.25 bits per heavy atom. The summed E-state index contributed by atoms with van der Waals surface area (Å²) >= 11 is 2.02. The Hall–Kier alpha value is -0.740. The van der Waals surface area contributed by atoms with Crippen molar-refractivity contribution in [3.63, 3.8) is 0 Å². The molecule has 1 aromatic heterocycles. The van der Waals surface area contributed by atoms with Crippen molar-refractivity contribution in [2.75, 3.05) is 29.5 Å². The summed E-state index contributed by atoms with van der Waals surface area (Å²) in [7, 11) is 0. The number of hydrogen-bond donors (Lipinski definition) is 1. The first-order valence-corrected chi connectivity index (χ1v) is 6.89. The molecule has 2 rings (SSSR count). The van der Waals surface area contributed by atoms with E-state index < -0.39 is 6.10 Å². The fraction of sp³-hybridized carbons (Fsp3) is 0.583. The highest BCUT2D eigenvalue weighted by atomic mass is 32.2. The Morgan fingerprint density at radius 3 is 2.94 bits per heavy atom. The van der Waals surface area contributed by atoms with Gasteiger partial charge in [0.05, 0.1) is 23.7 Å². The fourth-order valence-corrected chi connectivity index (χ4v) is 2.72. The van der Waals surface area contributed by atoms with Gasteiger partial charge in [0, 0.05) is 18.8 Å². The van der Waals surface area contributed by atoms with E-state index in [0.717, 1.165) is 18.8 Å². The number of rotatable bonds is 2. The molecule has 0 spiro atoms. The summed E-state index contributed by atoms with van der Waals surface area (Å²) in [5.41, 5.74) is 1.92. The van der Waals surface area contributed by atoms with Crippen LogP contribution in [0.15, 0.2) is 18.3 Å². The highest BCUT2D eigenvalue weighted by Gasteiger charge is 2.10. The van der Waals surface area contributed by atoms with Crippen molar-refractivity contribution in [2.45, 2.75) is 19.4 Å². The molecule has 88 valence electrons. The number of anilines is 1. The first kappa shape index (κ1) is 11.7. The van der Waals surface area contributed by atoms with Gasteiger partial charge in [-0.3, -0.25) is 4.98 Å². The Morgan fingerprint density at radius 1 is 1.38 bits per heavy atom. The predicted octanol–water partition coefficient (Wildman–Crippen LogP) is 2.08. The molecule has 2 heterocycles. The third-order valence-corrected chi connectivity index (χ3v) is 3.83. The molecular formula is C12H18N2OS. The van der Waals surface area contributed by atoms with E-state index in [9.17, 15) is 5.11 Å². The monoisotopic (exact) mass is 238 g/mol. The topological polar surface area (TPSA) is 36.4 Å². The maximum absolute atomic E-state index is 9.39. The zero-order valence-electron chi connectivity index (χ0n) is 9.59. The second-order valence-corrected chi connectivity index (χ2v) is 5.29. The van der Waals surface area contributed by atoms with E-state index >= 15 is 0 Å². The van der Waals surface area contributed by atoms with Crippen LogP contribution in [-0.2, 0) is 0 Å². The van der Waals surface area contributed by atoms with Crippen LogP contribution < -0.4 is 4.90 Å². The van der Waals surface area contributed by atoms with Crippen molar-refractivity contribution in [2.24, 2.45) is 0 Å². The maximum atomic E-state index is 9.39. The molecule has 1 fully saturated rings. The van der Waals surface area contributed by atoms with Crippen molar-refractivity contribution in [1.29, 1.82) is 0 Å². The summed E-state index contributed by atoms with van der Waals surface area (Å²) in [6, 6.07) is 3.98. The molecule has 4 heteroatoms. The summed E-state index contributed by atoms with van der Waals surface area (Å²) in [5.74, 6) is 2.45. The van der Waals surface area contributed by atoms with Gasteiger partial charge in [0.25, 0.3) is 0 Å². The van der Waals surface area contributed by atoms with Gasteiger partial charge >= 0.3 is 0 Å². The zero-order chi connectivity index (χ0) is 11.4. The van der Waals surface area contributed by atoms with Gasteiger partial charge in [-0.05, 0) is 31.2 Å². The van der Waals surface area contributed by atoms with Gasteiger partial charge in [0.1, 0.15) is 0 Å². The molecule has 1 aliphatic rings. The average Bonchev–Trinajstić information content (AvgIpc) is 2.57. The van der Waals surface area contributed by atoms with Crippen molar-refractivity contribution in [3.8, 4) is 0 Å². The number of aliphatic hydroxyl groups is 1. The molecule has 1 atom stereocenters. The summed E-state index contributed by atoms with van der Waals surface area (Å²) in [6.45, 7) is 3.95. The summed E-state index contributed by atoms with van der Waals surface area (Å²) in [6.07, 6.45) is 2.63. The lowest BCUT2D eigenvalue weighted by Gasteiger charge is -2.22. The minimum atomic E-state index is -0.478. The normalized spacial score (nSPS) is 19.2. The van der Waals surface area contributed by atoms with Crippen molar-refractivity contribution < 1.29 is 5.11 Å². The molecule has 0 radical (unpaired) electrons. The third-order valence-electron chi connectivity index (χ3n) is 2.79. The van der Waals surface area contributed by atoms with Gasteiger partial charge in [-0.25, -0.2) is 0 Å². The van der Waals surface area contributed by atoms with Gasteiger partial charge in [0.15, 0.2) is 0 Å². The summed E-state index contributed by atoms with van der Waals surface area (Å²) < 4.78 is 0. The molecule has 16 heavy (non-hydrogen) atoms. The Bertz CT molecular complexity index is 318. The zero-order valence-corrected chi connectivity index (χ0v) is 10.4. The number of nitrogens with zero attached hydrogens (tertiary/aromatic N) is 2. The van der Waals surface area contributed by atoms with Crippen molar-refractivity contribution >= 4 is 17.4 Å². The molecule has 0 amide bonds. The first-order valence-electron chi connectivity index (χ1n) is 5.74. The number of hydrogen-bond acceptors (Lipinski definition) is 4. The third kappa shape index (κ3) is 2.89. The second kappa shape index (κ2) is 5.55. The lowest BCUT2D eigenvalue weighted by Crippen LogP contribution is -2.25. The number of pyridine rings is 1. The first-order chi connectivity index (χ1) is 7.77. The maximum Gasteiger partial charge on any atom is 0.0931 e. The van der Waals surface area contributed by atoms with Crippen LogP contribution in [0, 0.1) is 0 Å². The lowest BCUT2D eigenvalue weighted by atomic mass is 10.2. The summed E-state index contributed by atoms with van der Waals surface area (Å²) in [5, 5.41) is 9.39. The molecule has 3 nitrogen and oxygen atoms in total. The molecular weight excluding hydrogens is 220 g/mol. The van der Waals surface area contributed by atoms with E-state index in [4.69, 9.17) is 0 Å². The van der Waals surface area contributed by atoms with Gasteiger partial charge < -0.3 is 10.0 Å². The van der Waals surface area contributed by atoms with Crippen LogP contribution in [0.2, 0.25) is 0 Å². The average molecular weight is 238 g/mol. The van der Waals surface area contributed by atoms with E-state index in [1.165, 1.54) is 23.6 Å². The number of aliphatic hydroxyl groups excluding tert-OH is 1. The fourth-order valence-electron chi connectivity index (χ4n) is 1.84. The van der Waals surface area contributed by atoms with Crippen LogP contribution in [-0.4, -0.2) is 34.7 Å². The van der Waals surface area contributed by atoms with Crippen LogP contribution in [0.25, 0.3) is 0 Å². The SMILES string of the molecule is C[C@@H](O)c1ccc(N2CCCSCC2)cn1. The van der Waals surface area contributed by atoms with E-state index in [1.807, 2.05) is 24.0 Å². The van der Waals surface area contributed by atoms with Gasteiger partial charge in [0.2, 0.25) is 0 Å². The van der Waals surface area contributed by atoms with Crippen LogP contribution >= 0.6 is 11.8 Å². The minimum Gasteiger partial charge on any atom is -0.387 e. The van der Waals surface area contributed by atoms with Crippen LogP contribution in [0.5, 0.6) is 0 Å². The number of aromatic nitrogens is 1. The van der Waals surface area contributed by atoms with E-state index in [0.29, 0.717) is 0 Å². The van der Waals surface area contributed by atoms with Crippen molar-refractivity contribution in [1.82, 2.24) is 4.98 Å². The van der Waals surface area contributed by atoms with Gasteiger partial charge in [-0.1, -0.05) is 0 Å². The standard InChI is InChI=1S/C12H18N2OS/c1-10(15)12-4-3-11(9-13-12)14-5-2-7-16-8-6-14/h3-4,9-10,15H,2,5-8H2,1H3/t10-/m1/s1. The van der Waals surface area contributed by atoms with Crippen LogP contribution in [0.4, 0.5) is 5.69 Å². The number of thioether (sulfide) groups is 1. The summed E-state index contributed by atoms with van der Waals surface area (Å²) in [4.78, 5) is 6.66. The molecule has 1 saturated heterocycles. The Kier molecular flexibility index (Phi) is 4.07. The molecule has 0 unspecified atom stereocenters. The molecule has 0 aliphatic carbocycles. The minimum absolute atomic E-state index is 0.478. The molecule has 0 aromatic carbocycles. The lowest BCUT2D eigenvalue weighted by molar-refractivity contribution is 0.194. The Labute approximate surface area is 101 Å². The molecule has 1 N–H and O–H groups in total. The highest BCUT2D eigenvalue weighted by Crippen LogP contribution is 2.19. The Balaban J connectivity index is 2.07. The van der Waals surface area contributed by atoms with E-state index in [2.05, 4.69) is 16.0 Å². The van der Waals surface area contributed by atoms with Crippen LogP contribution in [0.1, 0.15) is 25.1 Å². The largest absolute Gasteiger partial charge is 0.387 e. The molecule has 0 saturated carbocycles. The van der Waals surface area contributed by atoms with Crippen molar-refractivity contribution in [3.05, 3.63) is 24.0 Å². The smallest absolute Gasteiger partial charge is 0.0931 e. The van der Waals surface area contributed by atoms with Crippen LogP contribution in [0.3, 0.4) is 0 Å².